The van der Waals surface area contributed by atoms with Crippen molar-refractivity contribution in [3.63, 3.8) is 0 Å². The molecule has 2 rings (SSSR count). The van der Waals surface area contributed by atoms with E-state index in [0.29, 0.717) is 11.2 Å². The van der Waals surface area contributed by atoms with Crippen molar-refractivity contribution in [1.29, 1.82) is 0 Å². The molecule has 2 aromatic rings. The first-order valence-corrected chi connectivity index (χ1v) is 9.19. The molecule has 0 saturated heterocycles. The third-order valence-electron chi connectivity index (χ3n) is 2.74. The van der Waals surface area contributed by atoms with Gasteiger partial charge in [-0.25, -0.2) is 13.4 Å². The summed E-state index contributed by atoms with van der Waals surface area (Å²) in [5.41, 5.74) is 1.84. The second-order valence-electron chi connectivity index (χ2n) is 5.05. The van der Waals surface area contributed by atoms with Crippen molar-refractivity contribution in [2.24, 2.45) is 0 Å². The minimum absolute atomic E-state index is 0.0535. The van der Waals surface area contributed by atoms with Crippen LogP contribution in [0, 0.1) is 0 Å². The molecule has 2 N–H and O–H groups in total. The van der Waals surface area contributed by atoms with Crippen LogP contribution in [-0.4, -0.2) is 19.4 Å². The van der Waals surface area contributed by atoms with Crippen molar-refractivity contribution >= 4 is 26.5 Å². The molecule has 1 heterocycles. The fourth-order valence-corrected chi connectivity index (χ4v) is 3.77. The van der Waals surface area contributed by atoms with Gasteiger partial charge in [-0.15, -0.1) is 11.3 Å². The van der Waals surface area contributed by atoms with Gasteiger partial charge in [0.1, 0.15) is 0 Å². The van der Waals surface area contributed by atoms with Gasteiger partial charge < -0.3 is 5.32 Å². The van der Waals surface area contributed by atoms with E-state index in [9.17, 15) is 8.42 Å². The van der Waals surface area contributed by atoms with Crippen molar-refractivity contribution in [2.45, 2.75) is 32.2 Å². The highest BCUT2D eigenvalue weighted by Crippen LogP contribution is 2.15. The third kappa shape index (κ3) is 5.45. The van der Waals surface area contributed by atoms with Crippen molar-refractivity contribution in [1.82, 2.24) is 10.3 Å². The van der Waals surface area contributed by atoms with Gasteiger partial charge in [-0.2, -0.15) is 0 Å². The van der Waals surface area contributed by atoms with Gasteiger partial charge in [-0.1, -0.05) is 38.1 Å². The van der Waals surface area contributed by atoms with Crippen LogP contribution in [0.2, 0.25) is 0 Å². The summed E-state index contributed by atoms with van der Waals surface area (Å²) in [6.07, 6.45) is 1.57. The highest BCUT2D eigenvalue weighted by molar-refractivity contribution is 7.92. The fourth-order valence-electron chi connectivity index (χ4n) is 1.81. The van der Waals surface area contributed by atoms with E-state index in [2.05, 4.69) is 28.9 Å². The predicted octanol–water partition coefficient (Wildman–Crippen LogP) is 2.58. The number of hydrogen-bond donors (Lipinski definition) is 2. The molecule has 0 atom stereocenters. The fraction of sp³-hybridized carbons (Fsp3) is 0.357. The summed E-state index contributed by atoms with van der Waals surface area (Å²) in [5.74, 6) is -0.0535. The molecule has 1 aromatic heterocycles. The lowest BCUT2D eigenvalue weighted by Crippen LogP contribution is -2.22. The molecule has 1 aromatic carbocycles. The summed E-state index contributed by atoms with van der Waals surface area (Å²) in [6.45, 7) is 4.88. The Balaban J connectivity index is 2.03. The molecular weight excluding hydrogens is 306 g/mol. The minimum atomic E-state index is -3.43. The molecule has 21 heavy (non-hydrogen) atoms. The maximum atomic E-state index is 12.1. The second-order valence-corrected chi connectivity index (χ2v) is 7.67. The molecule has 0 saturated carbocycles. The molecule has 0 bridgehead atoms. The topological polar surface area (TPSA) is 71.1 Å². The number of sulfonamides is 1. The van der Waals surface area contributed by atoms with E-state index in [1.165, 1.54) is 11.3 Å². The van der Waals surface area contributed by atoms with Gasteiger partial charge in [0, 0.05) is 24.2 Å². The van der Waals surface area contributed by atoms with E-state index in [1.54, 1.807) is 11.6 Å². The maximum Gasteiger partial charge on any atom is 0.238 e. The van der Waals surface area contributed by atoms with Crippen LogP contribution in [0.5, 0.6) is 0 Å². The summed E-state index contributed by atoms with van der Waals surface area (Å²) < 4.78 is 26.6. The zero-order valence-corrected chi connectivity index (χ0v) is 13.7. The smallest absolute Gasteiger partial charge is 0.238 e. The Morgan fingerprint density at radius 1 is 1.29 bits per heavy atom. The van der Waals surface area contributed by atoms with Crippen molar-refractivity contribution in [3.05, 3.63) is 47.0 Å². The second kappa shape index (κ2) is 7.02. The summed E-state index contributed by atoms with van der Waals surface area (Å²) in [7, 11) is -3.43. The molecule has 0 aliphatic carbocycles. The number of rotatable bonds is 7. The Hall–Kier alpha value is -1.44. The highest BCUT2D eigenvalue weighted by Gasteiger charge is 2.13. The van der Waals surface area contributed by atoms with Crippen LogP contribution in [0.15, 0.2) is 35.8 Å². The first-order chi connectivity index (χ1) is 9.94. The van der Waals surface area contributed by atoms with E-state index in [4.69, 9.17) is 0 Å². The summed E-state index contributed by atoms with van der Waals surface area (Å²) in [4.78, 5) is 3.93. The standard InChI is InChI=1S/C14H19N3O2S2/c1-11(2)16-9-12-4-3-5-13(8-12)10-21(18,19)17-14-15-6-7-20-14/h3-8,11,16H,9-10H2,1-2H3,(H,15,17). The van der Waals surface area contributed by atoms with E-state index >= 15 is 0 Å². The average molecular weight is 325 g/mol. The maximum absolute atomic E-state index is 12.1. The van der Waals surface area contributed by atoms with E-state index in [-0.39, 0.29) is 5.75 Å². The molecule has 0 amide bonds. The molecule has 0 spiro atoms. The normalized spacial score (nSPS) is 11.8. The number of nitrogens with one attached hydrogen (secondary N) is 2. The Bertz CT molecular complexity index is 667. The van der Waals surface area contributed by atoms with Crippen molar-refractivity contribution in [3.8, 4) is 0 Å². The molecule has 0 fully saturated rings. The Morgan fingerprint density at radius 3 is 2.71 bits per heavy atom. The van der Waals surface area contributed by atoms with Crippen LogP contribution in [-0.2, 0) is 22.3 Å². The number of hydrogen-bond acceptors (Lipinski definition) is 5. The Morgan fingerprint density at radius 2 is 2.05 bits per heavy atom. The van der Waals surface area contributed by atoms with Gasteiger partial charge in [-0.05, 0) is 11.1 Å². The van der Waals surface area contributed by atoms with Crippen LogP contribution in [0.25, 0.3) is 0 Å². The largest absolute Gasteiger partial charge is 0.310 e. The van der Waals surface area contributed by atoms with Gasteiger partial charge in [-0.3, -0.25) is 4.72 Å². The molecule has 0 aliphatic rings. The number of thiazole rings is 1. The lowest BCUT2D eigenvalue weighted by atomic mass is 10.1. The third-order valence-corrected chi connectivity index (χ3v) is 4.77. The number of aromatic nitrogens is 1. The first-order valence-electron chi connectivity index (χ1n) is 6.66. The van der Waals surface area contributed by atoms with Crippen LogP contribution in [0.1, 0.15) is 25.0 Å². The zero-order valence-electron chi connectivity index (χ0n) is 12.0. The van der Waals surface area contributed by atoms with Gasteiger partial charge >= 0.3 is 0 Å². The SMILES string of the molecule is CC(C)NCc1cccc(CS(=O)(=O)Nc2nccs2)c1. The molecule has 5 nitrogen and oxygen atoms in total. The molecule has 0 aliphatic heterocycles. The first kappa shape index (κ1) is 15.9. The molecule has 114 valence electrons. The summed E-state index contributed by atoms with van der Waals surface area (Å²) in [6, 6.07) is 7.99. The highest BCUT2D eigenvalue weighted by atomic mass is 32.2. The van der Waals surface area contributed by atoms with Crippen LogP contribution in [0.4, 0.5) is 5.13 Å². The monoisotopic (exact) mass is 325 g/mol. The lowest BCUT2D eigenvalue weighted by molar-refractivity contribution is 0.588. The van der Waals surface area contributed by atoms with E-state index < -0.39 is 10.0 Å². The molecule has 7 heteroatoms. The number of nitrogens with zero attached hydrogens (tertiary/aromatic N) is 1. The molecule has 0 unspecified atom stereocenters. The van der Waals surface area contributed by atoms with Crippen molar-refractivity contribution < 1.29 is 8.42 Å². The zero-order chi connectivity index (χ0) is 15.3. The van der Waals surface area contributed by atoms with Crippen LogP contribution < -0.4 is 10.0 Å². The summed E-state index contributed by atoms with van der Waals surface area (Å²) in [5, 5.41) is 5.44. The Kier molecular flexibility index (Phi) is 5.33. The predicted molar refractivity (Wildman–Crippen MR) is 86.8 cm³/mol. The number of benzene rings is 1. The molecular formula is C14H19N3O2S2. The van der Waals surface area contributed by atoms with Gasteiger partial charge in [0.05, 0.1) is 5.75 Å². The van der Waals surface area contributed by atoms with Gasteiger partial charge in [0.25, 0.3) is 0 Å². The summed E-state index contributed by atoms with van der Waals surface area (Å²) >= 11 is 1.26. The van der Waals surface area contributed by atoms with Crippen LogP contribution >= 0.6 is 11.3 Å². The van der Waals surface area contributed by atoms with E-state index in [1.807, 2.05) is 24.3 Å². The number of anilines is 1. The lowest BCUT2D eigenvalue weighted by Gasteiger charge is -2.10. The minimum Gasteiger partial charge on any atom is -0.310 e. The van der Waals surface area contributed by atoms with E-state index in [0.717, 1.165) is 17.7 Å². The Labute approximate surface area is 129 Å². The van der Waals surface area contributed by atoms with Gasteiger partial charge in [0.2, 0.25) is 10.0 Å². The molecule has 0 radical (unpaired) electrons. The quantitative estimate of drug-likeness (QED) is 0.821. The van der Waals surface area contributed by atoms with Gasteiger partial charge in [0.15, 0.2) is 5.13 Å². The average Bonchev–Trinajstić information content (AvgIpc) is 2.88. The van der Waals surface area contributed by atoms with Crippen molar-refractivity contribution in [2.75, 3.05) is 4.72 Å². The van der Waals surface area contributed by atoms with Crippen LogP contribution in [0.3, 0.4) is 0 Å².